The van der Waals surface area contributed by atoms with Crippen molar-refractivity contribution in [1.82, 2.24) is 4.90 Å². The quantitative estimate of drug-likeness (QED) is 0.427. The molecular formula is C25H27N3O6S. The maximum absolute atomic E-state index is 12.9. The lowest BCUT2D eigenvalue weighted by Crippen LogP contribution is -2.34. The van der Waals surface area contributed by atoms with E-state index in [4.69, 9.17) is 4.74 Å². The SMILES string of the molecule is COc1ccc(NS(=O)(=O)c2ccc(C)c(NC(=O)CCN3C(=O)C4CC=CCC4C3=O)c2)cc1. The first-order chi connectivity index (χ1) is 16.7. The summed E-state index contributed by atoms with van der Waals surface area (Å²) in [5.41, 5.74) is 1.38. The Morgan fingerprint density at radius 3 is 2.26 bits per heavy atom. The molecule has 1 aliphatic heterocycles. The van der Waals surface area contributed by atoms with E-state index in [1.807, 2.05) is 12.2 Å². The van der Waals surface area contributed by atoms with Crippen molar-refractivity contribution >= 4 is 39.1 Å². The lowest BCUT2D eigenvalue weighted by molar-refractivity contribution is -0.140. The molecule has 2 atom stereocenters. The highest BCUT2D eigenvalue weighted by Gasteiger charge is 2.46. The number of aryl methyl sites for hydroxylation is 1. The van der Waals surface area contributed by atoms with Crippen molar-refractivity contribution in [2.24, 2.45) is 11.8 Å². The van der Waals surface area contributed by atoms with Gasteiger partial charge in [0.15, 0.2) is 0 Å². The maximum atomic E-state index is 12.9. The Hall–Kier alpha value is -3.66. The van der Waals surface area contributed by atoms with Crippen molar-refractivity contribution < 1.29 is 27.5 Å². The first kappa shape index (κ1) is 24.5. The van der Waals surface area contributed by atoms with Gasteiger partial charge in [0.1, 0.15) is 5.75 Å². The minimum Gasteiger partial charge on any atom is -0.497 e. The Kier molecular flexibility index (Phi) is 6.93. The predicted molar refractivity (Wildman–Crippen MR) is 130 cm³/mol. The highest BCUT2D eigenvalue weighted by molar-refractivity contribution is 7.92. The molecule has 0 saturated carbocycles. The van der Waals surface area contributed by atoms with Gasteiger partial charge < -0.3 is 10.1 Å². The molecule has 184 valence electrons. The van der Waals surface area contributed by atoms with Crippen LogP contribution in [0.4, 0.5) is 11.4 Å². The van der Waals surface area contributed by atoms with E-state index in [0.29, 0.717) is 35.5 Å². The number of allylic oxidation sites excluding steroid dienone is 2. The second kappa shape index (κ2) is 9.91. The number of fused-ring (bicyclic) bond motifs is 1. The van der Waals surface area contributed by atoms with Crippen molar-refractivity contribution in [3.8, 4) is 5.75 Å². The number of rotatable bonds is 8. The normalized spacial score (nSPS) is 19.4. The van der Waals surface area contributed by atoms with Gasteiger partial charge in [0.05, 0.1) is 23.8 Å². The summed E-state index contributed by atoms with van der Waals surface area (Å²) in [6, 6.07) is 10.9. The van der Waals surface area contributed by atoms with Crippen LogP contribution in [0.25, 0.3) is 0 Å². The van der Waals surface area contributed by atoms with Gasteiger partial charge in [0, 0.05) is 24.3 Å². The van der Waals surface area contributed by atoms with E-state index in [2.05, 4.69) is 10.0 Å². The number of anilines is 2. The van der Waals surface area contributed by atoms with Gasteiger partial charge in [0.2, 0.25) is 17.7 Å². The molecule has 0 bridgehead atoms. The van der Waals surface area contributed by atoms with Crippen molar-refractivity contribution in [3.05, 3.63) is 60.2 Å². The molecule has 1 fully saturated rings. The van der Waals surface area contributed by atoms with Gasteiger partial charge in [0.25, 0.3) is 10.0 Å². The second-order valence-corrected chi connectivity index (χ2v) is 10.3. The van der Waals surface area contributed by atoms with Gasteiger partial charge >= 0.3 is 0 Å². The van der Waals surface area contributed by atoms with Crippen LogP contribution in [0.3, 0.4) is 0 Å². The molecule has 2 aliphatic rings. The van der Waals surface area contributed by atoms with E-state index in [9.17, 15) is 22.8 Å². The molecular weight excluding hydrogens is 470 g/mol. The second-order valence-electron chi connectivity index (χ2n) is 8.59. The molecule has 1 heterocycles. The van der Waals surface area contributed by atoms with Crippen molar-refractivity contribution in [1.29, 1.82) is 0 Å². The largest absolute Gasteiger partial charge is 0.497 e. The molecule has 0 radical (unpaired) electrons. The number of methoxy groups -OCH3 is 1. The minimum atomic E-state index is -3.91. The van der Waals surface area contributed by atoms with Crippen LogP contribution in [0.2, 0.25) is 0 Å². The molecule has 0 aromatic heterocycles. The van der Waals surface area contributed by atoms with Crippen LogP contribution in [0.5, 0.6) is 5.75 Å². The maximum Gasteiger partial charge on any atom is 0.261 e. The smallest absolute Gasteiger partial charge is 0.261 e. The Balaban J connectivity index is 1.40. The Morgan fingerprint density at radius 1 is 1.03 bits per heavy atom. The van der Waals surface area contributed by atoms with E-state index in [0.717, 1.165) is 0 Å². The van der Waals surface area contributed by atoms with Gasteiger partial charge in [-0.05, 0) is 61.7 Å². The van der Waals surface area contributed by atoms with Crippen molar-refractivity contribution in [2.75, 3.05) is 23.7 Å². The fraction of sp³-hybridized carbons (Fsp3) is 0.320. The number of hydrogen-bond donors (Lipinski definition) is 2. The van der Waals surface area contributed by atoms with Crippen LogP contribution in [-0.4, -0.2) is 44.7 Å². The number of imide groups is 1. The van der Waals surface area contributed by atoms with Crippen LogP contribution < -0.4 is 14.8 Å². The van der Waals surface area contributed by atoms with Crippen LogP contribution in [-0.2, 0) is 24.4 Å². The third-order valence-corrected chi connectivity index (χ3v) is 7.68. The van der Waals surface area contributed by atoms with E-state index in [-0.39, 0.29) is 41.5 Å². The zero-order valence-electron chi connectivity index (χ0n) is 19.5. The van der Waals surface area contributed by atoms with E-state index in [1.165, 1.54) is 24.1 Å². The Morgan fingerprint density at radius 2 is 1.66 bits per heavy atom. The Bertz CT molecular complexity index is 1260. The summed E-state index contributed by atoms with van der Waals surface area (Å²) < 4.78 is 33.3. The molecule has 2 unspecified atom stereocenters. The Labute approximate surface area is 204 Å². The number of amides is 3. The van der Waals surface area contributed by atoms with Gasteiger partial charge in [-0.25, -0.2) is 8.42 Å². The molecule has 0 spiro atoms. The van der Waals surface area contributed by atoms with Crippen LogP contribution >= 0.6 is 0 Å². The summed E-state index contributed by atoms with van der Waals surface area (Å²) in [6.45, 7) is 1.74. The molecule has 9 nitrogen and oxygen atoms in total. The van der Waals surface area contributed by atoms with E-state index >= 15 is 0 Å². The highest BCUT2D eigenvalue weighted by atomic mass is 32.2. The monoisotopic (exact) mass is 497 g/mol. The molecule has 2 aromatic rings. The van der Waals surface area contributed by atoms with E-state index < -0.39 is 15.9 Å². The standard InChI is InChI=1S/C25H27N3O6S/c1-16-7-12-19(35(32,33)27-17-8-10-18(34-2)11-9-17)15-22(16)26-23(29)13-14-28-24(30)20-5-3-4-6-21(20)25(28)31/h3-4,7-12,15,20-21,27H,5-6,13-14H2,1-2H3,(H,26,29). The third-order valence-electron chi connectivity index (χ3n) is 6.30. The number of hydrogen-bond acceptors (Lipinski definition) is 6. The predicted octanol–water partition coefficient (Wildman–Crippen LogP) is 3.08. The zero-order valence-corrected chi connectivity index (χ0v) is 20.3. The molecule has 3 amide bonds. The van der Waals surface area contributed by atoms with Crippen molar-refractivity contribution in [3.63, 3.8) is 0 Å². The first-order valence-electron chi connectivity index (χ1n) is 11.3. The molecule has 1 saturated heterocycles. The average Bonchev–Trinajstić information content (AvgIpc) is 3.09. The minimum absolute atomic E-state index is 0.00738. The number of carbonyl (C=O) groups excluding carboxylic acids is 3. The molecule has 10 heteroatoms. The van der Waals surface area contributed by atoms with Gasteiger partial charge in [-0.15, -0.1) is 0 Å². The summed E-state index contributed by atoms with van der Waals surface area (Å²) in [6.07, 6.45) is 4.84. The number of ether oxygens (including phenoxy) is 1. The van der Waals surface area contributed by atoms with Crippen molar-refractivity contribution in [2.45, 2.75) is 31.1 Å². The summed E-state index contributed by atoms with van der Waals surface area (Å²) >= 11 is 0. The zero-order chi connectivity index (χ0) is 25.2. The number of nitrogens with one attached hydrogen (secondary N) is 2. The summed E-state index contributed by atoms with van der Waals surface area (Å²) in [5.74, 6) is -0.951. The topological polar surface area (TPSA) is 122 Å². The van der Waals surface area contributed by atoms with E-state index in [1.54, 1.807) is 37.3 Å². The number of likely N-dealkylation sites (tertiary alicyclic amines) is 1. The fourth-order valence-corrected chi connectivity index (χ4v) is 5.38. The van der Waals surface area contributed by atoms with Crippen LogP contribution in [0.1, 0.15) is 24.8 Å². The average molecular weight is 498 g/mol. The molecule has 2 N–H and O–H groups in total. The number of nitrogens with zero attached hydrogens (tertiary/aromatic N) is 1. The number of benzene rings is 2. The fourth-order valence-electron chi connectivity index (χ4n) is 4.29. The summed E-state index contributed by atoms with van der Waals surface area (Å²) in [5, 5.41) is 2.71. The molecule has 35 heavy (non-hydrogen) atoms. The highest BCUT2D eigenvalue weighted by Crippen LogP contribution is 2.35. The van der Waals surface area contributed by atoms with Crippen LogP contribution in [0, 0.1) is 18.8 Å². The number of sulfonamides is 1. The first-order valence-corrected chi connectivity index (χ1v) is 12.8. The lowest BCUT2D eigenvalue weighted by Gasteiger charge is -2.15. The van der Waals surface area contributed by atoms with Crippen LogP contribution in [0.15, 0.2) is 59.5 Å². The van der Waals surface area contributed by atoms with Gasteiger partial charge in [-0.2, -0.15) is 0 Å². The summed E-state index contributed by atoms with van der Waals surface area (Å²) in [4.78, 5) is 38.9. The number of carbonyl (C=O) groups is 3. The summed E-state index contributed by atoms with van der Waals surface area (Å²) in [7, 11) is -2.39. The molecule has 4 rings (SSSR count). The molecule has 2 aromatic carbocycles. The lowest BCUT2D eigenvalue weighted by atomic mass is 9.85. The van der Waals surface area contributed by atoms with Gasteiger partial charge in [-0.1, -0.05) is 18.2 Å². The molecule has 1 aliphatic carbocycles. The van der Waals surface area contributed by atoms with Gasteiger partial charge in [-0.3, -0.25) is 24.0 Å². The third kappa shape index (κ3) is 5.22.